The second kappa shape index (κ2) is 6.61. The number of ether oxygens (including phenoxy) is 1. The SMILES string of the molecule is CCCNCC1CCC1CC1CCOCC1. The Morgan fingerprint density at radius 1 is 1.06 bits per heavy atom. The van der Waals surface area contributed by atoms with E-state index in [1.807, 2.05) is 0 Å². The summed E-state index contributed by atoms with van der Waals surface area (Å²) < 4.78 is 5.43. The van der Waals surface area contributed by atoms with Crippen molar-refractivity contribution in [2.24, 2.45) is 17.8 Å². The van der Waals surface area contributed by atoms with Crippen molar-refractivity contribution in [2.45, 2.75) is 45.4 Å². The van der Waals surface area contributed by atoms with Crippen LogP contribution in [0.15, 0.2) is 0 Å². The van der Waals surface area contributed by atoms with Gasteiger partial charge in [-0.25, -0.2) is 0 Å². The molecule has 2 nitrogen and oxygen atoms in total. The summed E-state index contributed by atoms with van der Waals surface area (Å²) in [7, 11) is 0. The molecule has 94 valence electrons. The molecule has 1 heterocycles. The number of hydrogen-bond donors (Lipinski definition) is 1. The quantitative estimate of drug-likeness (QED) is 0.702. The molecule has 2 heteroatoms. The molecule has 2 atom stereocenters. The van der Waals surface area contributed by atoms with Gasteiger partial charge in [0.1, 0.15) is 0 Å². The van der Waals surface area contributed by atoms with Gasteiger partial charge in [-0.3, -0.25) is 0 Å². The molecule has 16 heavy (non-hydrogen) atoms. The Kier molecular flexibility index (Phi) is 5.11. The van der Waals surface area contributed by atoms with E-state index in [1.54, 1.807) is 0 Å². The molecule has 0 spiro atoms. The highest BCUT2D eigenvalue weighted by Gasteiger charge is 2.32. The zero-order chi connectivity index (χ0) is 11.2. The van der Waals surface area contributed by atoms with E-state index >= 15 is 0 Å². The van der Waals surface area contributed by atoms with Crippen LogP contribution < -0.4 is 5.32 Å². The van der Waals surface area contributed by atoms with Crippen LogP contribution in [0, 0.1) is 17.8 Å². The minimum absolute atomic E-state index is 0.965. The standard InChI is InChI=1S/C14H27NO/c1-2-7-15-11-14-4-3-13(14)10-12-5-8-16-9-6-12/h12-15H,2-11H2,1H3. The summed E-state index contributed by atoms with van der Waals surface area (Å²) in [4.78, 5) is 0. The highest BCUT2D eigenvalue weighted by Crippen LogP contribution is 2.40. The molecule has 0 radical (unpaired) electrons. The first-order valence-corrected chi connectivity index (χ1v) is 7.18. The van der Waals surface area contributed by atoms with Crippen molar-refractivity contribution in [3.63, 3.8) is 0 Å². The predicted molar refractivity (Wildman–Crippen MR) is 67.5 cm³/mol. The first kappa shape index (κ1) is 12.4. The lowest BCUT2D eigenvalue weighted by atomic mass is 9.68. The minimum atomic E-state index is 0.965. The van der Waals surface area contributed by atoms with Crippen LogP contribution in [-0.4, -0.2) is 26.3 Å². The maximum Gasteiger partial charge on any atom is 0.0468 e. The van der Waals surface area contributed by atoms with Gasteiger partial charge in [-0.05, 0) is 69.4 Å². The molecule has 2 aliphatic rings. The third-order valence-electron chi connectivity index (χ3n) is 4.39. The van der Waals surface area contributed by atoms with Gasteiger partial charge in [-0.1, -0.05) is 6.92 Å². The van der Waals surface area contributed by atoms with E-state index in [0.717, 1.165) is 31.0 Å². The third kappa shape index (κ3) is 3.46. The van der Waals surface area contributed by atoms with Gasteiger partial charge in [0.05, 0.1) is 0 Å². The summed E-state index contributed by atoms with van der Waals surface area (Å²) in [5.41, 5.74) is 0. The molecule has 1 N–H and O–H groups in total. The lowest BCUT2D eigenvalue weighted by molar-refractivity contribution is 0.0418. The molecule has 0 amide bonds. The van der Waals surface area contributed by atoms with E-state index < -0.39 is 0 Å². The van der Waals surface area contributed by atoms with Gasteiger partial charge in [-0.2, -0.15) is 0 Å². The van der Waals surface area contributed by atoms with Gasteiger partial charge in [0.15, 0.2) is 0 Å². The zero-order valence-corrected chi connectivity index (χ0v) is 10.7. The molecule has 1 saturated carbocycles. The molecule has 0 aromatic carbocycles. The highest BCUT2D eigenvalue weighted by atomic mass is 16.5. The Morgan fingerprint density at radius 2 is 1.81 bits per heavy atom. The van der Waals surface area contributed by atoms with Crippen LogP contribution in [0.3, 0.4) is 0 Å². The number of hydrogen-bond acceptors (Lipinski definition) is 2. The van der Waals surface area contributed by atoms with E-state index in [9.17, 15) is 0 Å². The normalized spacial score (nSPS) is 31.3. The molecule has 1 aliphatic heterocycles. The first-order valence-electron chi connectivity index (χ1n) is 7.18. The lowest BCUT2D eigenvalue weighted by Gasteiger charge is -2.39. The smallest absolute Gasteiger partial charge is 0.0468 e. The molecule has 2 unspecified atom stereocenters. The van der Waals surface area contributed by atoms with Gasteiger partial charge in [0, 0.05) is 13.2 Å². The van der Waals surface area contributed by atoms with Gasteiger partial charge in [-0.15, -0.1) is 0 Å². The Bertz CT molecular complexity index is 189. The molecule has 0 aromatic rings. The molecule has 2 fully saturated rings. The molecule has 2 rings (SSSR count). The molecular weight excluding hydrogens is 198 g/mol. The zero-order valence-electron chi connectivity index (χ0n) is 10.7. The predicted octanol–water partition coefficient (Wildman–Crippen LogP) is 2.83. The average Bonchev–Trinajstić information content (AvgIpc) is 2.32. The summed E-state index contributed by atoms with van der Waals surface area (Å²) in [6.45, 7) is 6.72. The van der Waals surface area contributed by atoms with Crippen molar-refractivity contribution in [1.82, 2.24) is 5.32 Å². The van der Waals surface area contributed by atoms with Crippen LogP contribution in [0.4, 0.5) is 0 Å². The van der Waals surface area contributed by atoms with Crippen molar-refractivity contribution >= 4 is 0 Å². The van der Waals surface area contributed by atoms with Crippen LogP contribution in [0.25, 0.3) is 0 Å². The van der Waals surface area contributed by atoms with Crippen LogP contribution in [0.1, 0.15) is 45.4 Å². The highest BCUT2D eigenvalue weighted by molar-refractivity contribution is 4.84. The molecule has 1 saturated heterocycles. The Hall–Kier alpha value is -0.0800. The fourth-order valence-corrected chi connectivity index (χ4v) is 3.09. The van der Waals surface area contributed by atoms with Crippen LogP contribution in [-0.2, 0) is 4.74 Å². The summed E-state index contributed by atoms with van der Waals surface area (Å²) in [5, 5.41) is 3.58. The third-order valence-corrected chi connectivity index (χ3v) is 4.39. The molecular formula is C14H27NO. The van der Waals surface area contributed by atoms with E-state index in [-0.39, 0.29) is 0 Å². The number of rotatable bonds is 6. The summed E-state index contributed by atoms with van der Waals surface area (Å²) in [5.74, 6) is 2.97. The van der Waals surface area contributed by atoms with E-state index in [2.05, 4.69) is 12.2 Å². The van der Waals surface area contributed by atoms with Crippen molar-refractivity contribution in [1.29, 1.82) is 0 Å². The van der Waals surface area contributed by atoms with Crippen molar-refractivity contribution in [2.75, 3.05) is 26.3 Å². The Labute approximate surface area is 100 Å². The summed E-state index contributed by atoms with van der Waals surface area (Å²) in [6, 6.07) is 0. The fraction of sp³-hybridized carbons (Fsp3) is 1.00. The summed E-state index contributed by atoms with van der Waals surface area (Å²) in [6.07, 6.45) is 8.30. The number of nitrogens with one attached hydrogen (secondary N) is 1. The summed E-state index contributed by atoms with van der Waals surface area (Å²) >= 11 is 0. The fourth-order valence-electron chi connectivity index (χ4n) is 3.09. The van der Waals surface area contributed by atoms with Crippen LogP contribution in [0.5, 0.6) is 0 Å². The minimum Gasteiger partial charge on any atom is -0.381 e. The molecule has 1 aliphatic carbocycles. The van der Waals surface area contributed by atoms with Crippen molar-refractivity contribution < 1.29 is 4.74 Å². The Morgan fingerprint density at radius 3 is 2.44 bits per heavy atom. The van der Waals surface area contributed by atoms with E-state index in [0.29, 0.717) is 0 Å². The van der Waals surface area contributed by atoms with Crippen LogP contribution in [0.2, 0.25) is 0 Å². The second-order valence-corrected chi connectivity index (χ2v) is 5.59. The molecule has 0 bridgehead atoms. The topological polar surface area (TPSA) is 21.3 Å². The first-order chi connectivity index (χ1) is 7.90. The second-order valence-electron chi connectivity index (χ2n) is 5.59. The van der Waals surface area contributed by atoms with Gasteiger partial charge < -0.3 is 10.1 Å². The average molecular weight is 225 g/mol. The maximum atomic E-state index is 5.43. The van der Waals surface area contributed by atoms with Gasteiger partial charge in [0.2, 0.25) is 0 Å². The largest absolute Gasteiger partial charge is 0.381 e. The van der Waals surface area contributed by atoms with Gasteiger partial charge >= 0.3 is 0 Å². The molecule has 0 aromatic heterocycles. The Balaban J connectivity index is 1.61. The van der Waals surface area contributed by atoms with Crippen molar-refractivity contribution in [3.8, 4) is 0 Å². The van der Waals surface area contributed by atoms with Gasteiger partial charge in [0.25, 0.3) is 0 Å². The van der Waals surface area contributed by atoms with Crippen molar-refractivity contribution in [3.05, 3.63) is 0 Å². The van der Waals surface area contributed by atoms with Crippen LogP contribution >= 0.6 is 0 Å². The monoisotopic (exact) mass is 225 g/mol. The van der Waals surface area contributed by atoms with E-state index in [4.69, 9.17) is 4.74 Å². The maximum absolute atomic E-state index is 5.43. The van der Waals surface area contributed by atoms with E-state index in [1.165, 1.54) is 51.6 Å². The lowest BCUT2D eigenvalue weighted by Crippen LogP contribution is -2.37.